The van der Waals surface area contributed by atoms with Gasteiger partial charge < -0.3 is 4.90 Å². The van der Waals surface area contributed by atoms with Crippen molar-refractivity contribution in [3.8, 4) is 0 Å². The van der Waals surface area contributed by atoms with Gasteiger partial charge in [0, 0.05) is 32.5 Å². The third-order valence-electron chi connectivity index (χ3n) is 2.15. The minimum Gasteiger partial charge on any atom is -0.378 e. The Balaban J connectivity index is 2.46. The van der Waals surface area contributed by atoms with Gasteiger partial charge in [-0.15, -0.1) is 0 Å². The molecule has 0 aliphatic carbocycles. The average molecular weight is 223 g/mol. The van der Waals surface area contributed by atoms with Crippen LogP contribution < -0.4 is 4.90 Å². The molecule has 0 aliphatic rings. The Kier molecular flexibility index (Phi) is 4.69. The predicted octanol–water partition coefficient (Wildman–Crippen LogP) is 2.57. The number of hydrogen-bond donors (Lipinski definition) is 0. The SMILES string of the molecule is CC(=O)SCCc1ccc(N(C)C)cc1. The number of carbonyl (C=O) groups is 1. The number of nitrogens with zero attached hydrogens (tertiary/aromatic N) is 1. The molecular formula is C12H17NOS. The van der Waals surface area contributed by atoms with Gasteiger partial charge in [-0.2, -0.15) is 0 Å². The second-order valence-corrected chi connectivity index (χ2v) is 4.92. The van der Waals surface area contributed by atoms with Gasteiger partial charge >= 0.3 is 0 Å². The lowest BCUT2D eigenvalue weighted by Gasteiger charge is -2.12. The van der Waals surface area contributed by atoms with Crippen molar-refractivity contribution in [2.24, 2.45) is 0 Å². The molecule has 1 aromatic carbocycles. The third-order valence-corrected chi connectivity index (χ3v) is 2.96. The molecule has 0 N–H and O–H groups in total. The molecule has 1 aromatic rings. The molecular weight excluding hydrogens is 206 g/mol. The highest BCUT2D eigenvalue weighted by Crippen LogP contribution is 2.14. The van der Waals surface area contributed by atoms with E-state index in [1.54, 1.807) is 6.92 Å². The van der Waals surface area contributed by atoms with Crippen LogP contribution >= 0.6 is 11.8 Å². The maximum atomic E-state index is 10.7. The summed E-state index contributed by atoms with van der Waals surface area (Å²) in [5, 5.41) is 0.194. The zero-order valence-electron chi connectivity index (χ0n) is 9.49. The van der Waals surface area contributed by atoms with Crippen molar-refractivity contribution in [3.05, 3.63) is 29.8 Å². The Morgan fingerprint density at radius 3 is 2.33 bits per heavy atom. The fourth-order valence-corrected chi connectivity index (χ4v) is 1.90. The predicted molar refractivity (Wildman–Crippen MR) is 67.6 cm³/mol. The van der Waals surface area contributed by atoms with E-state index in [2.05, 4.69) is 29.2 Å². The highest BCUT2D eigenvalue weighted by Gasteiger charge is 1.98. The molecule has 0 saturated heterocycles. The molecule has 0 heterocycles. The van der Waals surface area contributed by atoms with Gasteiger partial charge in [-0.05, 0) is 24.1 Å². The number of anilines is 1. The summed E-state index contributed by atoms with van der Waals surface area (Å²) in [5.41, 5.74) is 2.49. The molecule has 1 rings (SSSR count). The lowest BCUT2D eigenvalue weighted by molar-refractivity contribution is -0.109. The number of aryl methyl sites for hydroxylation is 1. The minimum absolute atomic E-state index is 0.194. The summed E-state index contributed by atoms with van der Waals surface area (Å²) in [5.74, 6) is 0.872. The van der Waals surface area contributed by atoms with Gasteiger partial charge in [-0.25, -0.2) is 0 Å². The molecule has 0 bridgehead atoms. The second-order valence-electron chi connectivity index (χ2n) is 3.65. The van der Waals surface area contributed by atoms with Crippen LogP contribution in [-0.4, -0.2) is 25.0 Å². The van der Waals surface area contributed by atoms with Crippen LogP contribution in [0.5, 0.6) is 0 Å². The van der Waals surface area contributed by atoms with Crippen LogP contribution in [0.3, 0.4) is 0 Å². The number of rotatable bonds is 4. The molecule has 0 aromatic heterocycles. The summed E-state index contributed by atoms with van der Waals surface area (Å²) in [4.78, 5) is 12.8. The van der Waals surface area contributed by atoms with Crippen LogP contribution in [0.25, 0.3) is 0 Å². The second kappa shape index (κ2) is 5.81. The lowest BCUT2D eigenvalue weighted by Crippen LogP contribution is -2.08. The largest absolute Gasteiger partial charge is 0.378 e. The van der Waals surface area contributed by atoms with Crippen LogP contribution in [0.1, 0.15) is 12.5 Å². The molecule has 0 atom stereocenters. The average Bonchev–Trinajstić information content (AvgIpc) is 2.18. The maximum absolute atomic E-state index is 10.7. The topological polar surface area (TPSA) is 20.3 Å². The Hall–Kier alpha value is -0.960. The molecule has 0 aliphatic heterocycles. The van der Waals surface area contributed by atoms with E-state index in [0.717, 1.165) is 12.2 Å². The van der Waals surface area contributed by atoms with Crippen LogP contribution in [0, 0.1) is 0 Å². The maximum Gasteiger partial charge on any atom is 0.185 e. The van der Waals surface area contributed by atoms with E-state index in [-0.39, 0.29) is 5.12 Å². The first kappa shape index (κ1) is 12.1. The molecule has 0 unspecified atom stereocenters. The van der Waals surface area contributed by atoms with E-state index in [4.69, 9.17) is 0 Å². The number of carbonyl (C=O) groups excluding carboxylic acids is 1. The van der Waals surface area contributed by atoms with E-state index in [9.17, 15) is 4.79 Å². The first-order chi connectivity index (χ1) is 7.09. The zero-order valence-corrected chi connectivity index (χ0v) is 10.3. The minimum atomic E-state index is 0.194. The molecule has 0 spiro atoms. The summed E-state index contributed by atoms with van der Waals surface area (Å²) in [6, 6.07) is 8.45. The fourth-order valence-electron chi connectivity index (χ4n) is 1.27. The van der Waals surface area contributed by atoms with Gasteiger partial charge in [0.2, 0.25) is 0 Å². The number of thioether (sulfide) groups is 1. The van der Waals surface area contributed by atoms with Gasteiger partial charge in [0.25, 0.3) is 0 Å². The van der Waals surface area contributed by atoms with Crippen molar-refractivity contribution >= 4 is 22.6 Å². The van der Waals surface area contributed by atoms with E-state index in [1.807, 2.05) is 14.1 Å². The highest BCUT2D eigenvalue weighted by molar-refractivity contribution is 8.13. The molecule has 2 nitrogen and oxygen atoms in total. The summed E-state index contributed by atoms with van der Waals surface area (Å²) in [6.07, 6.45) is 0.956. The molecule has 0 amide bonds. The Morgan fingerprint density at radius 2 is 1.87 bits per heavy atom. The lowest BCUT2D eigenvalue weighted by atomic mass is 10.1. The number of benzene rings is 1. The zero-order chi connectivity index (χ0) is 11.3. The monoisotopic (exact) mass is 223 g/mol. The first-order valence-electron chi connectivity index (χ1n) is 4.99. The molecule has 82 valence electrons. The van der Waals surface area contributed by atoms with Gasteiger partial charge in [-0.1, -0.05) is 23.9 Å². The van der Waals surface area contributed by atoms with Crippen LogP contribution in [0.15, 0.2) is 24.3 Å². The standard InChI is InChI=1S/C12H17NOS/c1-10(14)15-9-8-11-4-6-12(7-5-11)13(2)3/h4-7H,8-9H2,1-3H3. The van der Waals surface area contributed by atoms with E-state index >= 15 is 0 Å². The van der Waals surface area contributed by atoms with Gasteiger partial charge in [0.15, 0.2) is 5.12 Å². The summed E-state index contributed by atoms with van der Waals surface area (Å²) in [7, 11) is 4.06. The summed E-state index contributed by atoms with van der Waals surface area (Å²) < 4.78 is 0. The van der Waals surface area contributed by atoms with E-state index < -0.39 is 0 Å². The van der Waals surface area contributed by atoms with Gasteiger partial charge in [-0.3, -0.25) is 4.79 Å². The van der Waals surface area contributed by atoms with Crippen LogP contribution in [0.2, 0.25) is 0 Å². The van der Waals surface area contributed by atoms with Gasteiger partial charge in [0.05, 0.1) is 0 Å². The Labute approximate surface area is 95.7 Å². The molecule has 0 fully saturated rings. The Morgan fingerprint density at radius 1 is 1.27 bits per heavy atom. The quantitative estimate of drug-likeness (QED) is 0.782. The van der Waals surface area contributed by atoms with Crippen LogP contribution in [0.4, 0.5) is 5.69 Å². The van der Waals surface area contributed by atoms with E-state index in [0.29, 0.717) is 0 Å². The normalized spacial score (nSPS) is 10.1. The van der Waals surface area contributed by atoms with Crippen molar-refractivity contribution in [3.63, 3.8) is 0 Å². The highest BCUT2D eigenvalue weighted by atomic mass is 32.2. The first-order valence-corrected chi connectivity index (χ1v) is 5.98. The summed E-state index contributed by atoms with van der Waals surface area (Å²) in [6.45, 7) is 1.61. The van der Waals surface area contributed by atoms with Gasteiger partial charge in [0.1, 0.15) is 0 Å². The van der Waals surface area contributed by atoms with Crippen LogP contribution in [-0.2, 0) is 11.2 Å². The third kappa shape index (κ3) is 4.38. The van der Waals surface area contributed by atoms with Crippen molar-refractivity contribution in [2.45, 2.75) is 13.3 Å². The smallest absolute Gasteiger partial charge is 0.185 e. The van der Waals surface area contributed by atoms with E-state index in [1.165, 1.54) is 23.0 Å². The molecule has 0 radical (unpaired) electrons. The molecule has 3 heteroatoms. The van der Waals surface area contributed by atoms with Crippen molar-refractivity contribution in [2.75, 3.05) is 24.7 Å². The molecule has 15 heavy (non-hydrogen) atoms. The number of hydrogen-bond acceptors (Lipinski definition) is 3. The van der Waals surface area contributed by atoms with Crippen molar-refractivity contribution in [1.82, 2.24) is 0 Å². The van der Waals surface area contributed by atoms with Crippen molar-refractivity contribution in [1.29, 1.82) is 0 Å². The van der Waals surface area contributed by atoms with Crippen molar-refractivity contribution < 1.29 is 4.79 Å². The Bertz CT molecular complexity index is 319. The summed E-state index contributed by atoms with van der Waals surface area (Å²) >= 11 is 1.39. The molecule has 0 saturated carbocycles. The fraction of sp³-hybridized carbons (Fsp3) is 0.417.